The van der Waals surface area contributed by atoms with E-state index in [1.807, 2.05) is 60.7 Å². The van der Waals surface area contributed by atoms with E-state index in [2.05, 4.69) is 56.3 Å². The fourth-order valence-electron chi connectivity index (χ4n) is 3.60. The van der Waals surface area contributed by atoms with E-state index in [-0.39, 0.29) is 5.41 Å². The molecule has 3 aromatic rings. The Hall–Kier alpha value is -2.97. The summed E-state index contributed by atoms with van der Waals surface area (Å²) in [5, 5.41) is 3.55. The Bertz CT molecular complexity index is 856. The zero-order valence-corrected chi connectivity index (χ0v) is 17.5. The summed E-state index contributed by atoms with van der Waals surface area (Å²) < 4.78 is 0. The summed E-state index contributed by atoms with van der Waals surface area (Å²) in [5.74, 6) is 0. The van der Waals surface area contributed by atoms with Crippen molar-refractivity contribution in [1.82, 2.24) is 0 Å². The Balaban J connectivity index is 2.22. The van der Waals surface area contributed by atoms with Gasteiger partial charge in [0.15, 0.2) is 0 Å². The van der Waals surface area contributed by atoms with Crippen LogP contribution in [-0.4, -0.2) is 13.5 Å². The molecule has 0 saturated heterocycles. The number of hydrogen-bond acceptors (Lipinski definition) is 1. The Morgan fingerprint density at radius 1 is 0.714 bits per heavy atom. The number of carbonyl (C=O) groups is 1. The van der Waals surface area contributed by atoms with E-state index >= 15 is 0 Å². The van der Waals surface area contributed by atoms with Crippen molar-refractivity contribution in [1.29, 1.82) is 0 Å². The molecule has 0 amide bonds. The molecule has 0 heterocycles. The van der Waals surface area contributed by atoms with Gasteiger partial charge in [-0.3, -0.25) is 4.79 Å². The van der Waals surface area contributed by atoms with Crippen molar-refractivity contribution >= 4 is 29.0 Å². The van der Waals surface area contributed by atoms with Crippen LogP contribution in [0, 0.1) is 0 Å². The molecule has 28 heavy (non-hydrogen) atoms. The van der Waals surface area contributed by atoms with Crippen LogP contribution in [-0.2, 0) is 4.79 Å². The van der Waals surface area contributed by atoms with E-state index in [0.29, 0.717) is 0 Å². The van der Waals surface area contributed by atoms with Gasteiger partial charge in [0, 0.05) is 0 Å². The van der Waals surface area contributed by atoms with Gasteiger partial charge in [0.25, 0.3) is 0 Å². The van der Waals surface area contributed by atoms with E-state index < -0.39 is 8.07 Å². The highest BCUT2D eigenvalue weighted by molar-refractivity contribution is 7.30. The molecule has 1 nitrogen and oxygen atoms in total. The second-order valence-electron chi connectivity index (χ2n) is 7.13. The third-order valence-electron chi connectivity index (χ3n) is 4.92. The van der Waals surface area contributed by atoms with Gasteiger partial charge in [0.2, 0.25) is 8.07 Å². The van der Waals surface area contributed by atoms with Crippen LogP contribution in [0.5, 0.6) is 0 Å². The van der Waals surface area contributed by atoms with Gasteiger partial charge in [0.05, 0.1) is 0 Å². The maximum absolute atomic E-state index is 13.9. The van der Waals surface area contributed by atoms with Crippen molar-refractivity contribution in [3.8, 4) is 0 Å². The number of carbonyl (C=O) groups excluding carboxylic acids is 1. The number of benzene rings is 3. The van der Waals surface area contributed by atoms with Gasteiger partial charge in [0.1, 0.15) is 5.41 Å². The quantitative estimate of drug-likeness (QED) is 0.259. The molecule has 3 rings (SSSR count). The van der Waals surface area contributed by atoms with E-state index in [1.165, 1.54) is 5.57 Å². The van der Waals surface area contributed by atoms with Gasteiger partial charge in [-0.1, -0.05) is 109 Å². The molecule has 0 saturated carbocycles. The first-order chi connectivity index (χ1) is 13.7. The SMILES string of the molecule is CC(C)=CC/C=C/C(=O)[Si](c1ccccc1)(c1ccccc1)c1ccccc1. The van der Waals surface area contributed by atoms with Crippen molar-refractivity contribution in [3.05, 3.63) is 115 Å². The monoisotopic (exact) mass is 382 g/mol. The highest BCUT2D eigenvalue weighted by Crippen LogP contribution is 2.11. The van der Waals surface area contributed by atoms with Crippen LogP contribution in [0.15, 0.2) is 115 Å². The maximum atomic E-state index is 13.9. The number of hydrogen-bond donors (Lipinski definition) is 0. The van der Waals surface area contributed by atoms with Gasteiger partial charge >= 0.3 is 0 Å². The highest BCUT2D eigenvalue weighted by Gasteiger charge is 2.45. The minimum atomic E-state index is -2.85. The van der Waals surface area contributed by atoms with Gasteiger partial charge < -0.3 is 0 Å². The van der Waals surface area contributed by atoms with Crippen LogP contribution >= 0.6 is 0 Å². The molecular formula is C26H26OSi. The van der Waals surface area contributed by atoms with E-state index in [0.717, 1.165) is 22.0 Å². The molecule has 0 N–H and O–H groups in total. The summed E-state index contributed by atoms with van der Waals surface area (Å²) >= 11 is 0. The Morgan fingerprint density at radius 3 is 1.46 bits per heavy atom. The summed E-state index contributed by atoms with van der Waals surface area (Å²) in [6.45, 7) is 4.15. The van der Waals surface area contributed by atoms with E-state index in [9.17, 15) is 4.79 Å². The zero-order valence-electron chi connectivity index (χ0n) is 16.5. The largest absolute Gasteiger partial charge is 0.299 e. The molecule has 0 aliphatic heterocycles. The second-order valence-corrected chi connectivity index (χ2v) is 10.9. The third kappa shape index (κ3) is 4.13. The molecule has 0 fully saturated rings. The van der Waals surface area contributed by atoms with Gasteiger partial charge in [-0.25, -0.2) is 0 Å². The van der Waals surface area contributed by atoms with Gasteiger partial charge in [-0.05, 0) is 41.9 Å². The molecule has 3 aromatic carbocycles. The van der Waals surface area contributed by atoms with Crippen LogP contribution in [0.25, 0.3) is 0 Å². The lowest BCUT2D eigenvalue weighted by molar-refractivity contribution is -0.108. The van der Waals surface area contributed by atoms with Crippen molar-refractivity contribution in [3.63, 3.8) is 0 Å². The molecule has 0 unspecified atom stereocenters. The van der Waals surface area contributed by atoms with Crippen LogP contribution < -0.4 is 15.6 Å². The Kier molecular flexibility index (Phi) is 6.56. The molecule has 0 spiro atoms. The van der Waals surface area contributed by atoms with Crippen LogP contribution in [0.2, 0.25) is 0 Å². The topological polar surface area (TPSA) is 17.1 Å². The van der Waals surface area contributed by atoms with Gasteiger partial charge in [-0.2, -0.15) is 0 Å². The molecule has 2 heteroatoms. The molecule has 0 radical (unpaired) electrons. The maximum Gasteiger partial charge on any atom is 0.229 e. The standard InChI is InChI=1S/C26H26OSi/c1-22(2)14-12-13-21-26(27)28(23-15-6-3-7-16-23,24-17-8-4-9-18-24)25-19-10-5-11-20-25/h3-11,13-21H,12H2,1-2H3/b21-13+. The number of rotatable bonds is 7. The molecule has 0 atom stereocenters. The molecule has 0 aliphatic carbocycles. The fourth-order valence-corrected chi connectivity index (χ4v) is 7.89. The van der Waals surface area contributed by atoms with Crippen molar-refractivity contribution < 1.29 is 4.79 Å². The van der Waals surface area contributed by atoms with E-state index in [4.69, 9.17) is 0 Å². The highest BCUT2D eigenvalue weighted by atomic mass is 28.3. The van der Waals surface area contributed by atoms with Gasteiger partial charge in [-0.15, -0.1) is 0 Å². The average molecular weight is 383 g/mol. The minimum Gasteiger partial charge on any atom is -0.299 e. The third-order valence-corrected chi connectivity index (χ3v) is 9.43. The predicted molar refractivity (Wildman–Crippen MR) is 122 cm³/mol. The lowest BCUT2D eigenvalue weighted by Gasteiger charge is -2.31. The van der Waals surface area contributed by atoms with Crippen molar-refractivity contribution in [2.75, 3.05) is 0 Å². The normalized spacial score (nSPS) is 11.4. The molecule has 140 valence electrons. The Labute approximate surface area is 169 Å². The lowest BCUT2D eigenvalue weighted by Crippen LogP contribution is -2.72. The first-order valence-corrected chi connectivity index (χ1v) is 11.7. The smallest absolute Gasteiger partial charge is 0.229 e. The molecule has 0 aromatic heterocycles. The summed E-state index contributed by atoms with van der Waals surface area (Å²) in [5.41, 5.74) is 1.26. The van der Waals surface area contributed by atoms with Crippen LogP contribution in [0.4, 0.5) is 0 Å². The summed E-state index contributed by atoms with van der Waals surface area (Å²) in [7, 11) is -2.85. The fraction of sp³-hybridized carbons (Fsp3) is 0.115. The first-order valence-electron chi connectivity index (χ1n) is 9.66. The van der Waals surface area contributed by atoms with Crippen molar-refractivity contribution in [2.45, 2.75) is 20.3 Å². The van der Waals surface area contributed by atoms with Crippen molar-refractivity contribution in [2.24, 2.45) is 0 Å². The first kappa shape index (κ1) is 19.8. The Morgan fingerprint density at radius 2 is 1.11 bits per heavy atom. The zero-order chi connectivity index (χ0) is 19.8. The average Bonchev–Trinajstić information content (AvgIpc) is 2.74. The lowest BCUT2D eigenvalue weighted by atomic mass is 10.2. The molecule has 0 aliphatic rings. The van der Waals surface area contributed by atoms with Crippen LogP contribution in [0.3, 0.4) is 0 Å². The predicted octanol–water partition coefficient (Wildman–Crippen LogP) is 4.18. The second kappa shape index (κ2) is 9.29. The van der Waals surface area contributed by atoms with Crippen LogP contribution in [0.1, 0.15) is 20.3 Å². The number of allylic oxidation sites excluding steroid dienone is 4. The summed E-state index contributed by atoms with van der Waals surface area (Å²) in [6.07, 6.45) is 6.71. The minimum absolute atomic E-state index is 0.207. The molecular weight excluding hydrogens is 356 g/mol. The van der Waals surface area contributed by atoms with E-state index in [1.54, 1.807) is 6.08 Å². The molecule has 0 bridgehead atoms. The summed E-state index contributed by atoms with van der Waals surface area (Å²) in [4.78, 5) is 13.9. The summed E-state index contributed by atoms with van der Waals surface area (Å²) in [6, 6.07) is 30.8.